The molecule has 1 N–H and O–H groups in total. The summed E-state index contributed by atoms with van der Waals surface area (Å²) in [5.41, 5.74) is 2.75. The number of rotatable bonds is 4. The number of anilines is 1. The summed E-state index contributed by atoms with van der Waals surface area (Å²) in [7, 11) is 0. The summed E-state index contributed by atoms with van der Waals surface area (Å²) in [5, 5.41) is 3.99. The van der Waals surface area contributed by atoms with Gasteiger partial charge in [-0.05, 0) is 57.5 Å². The Balaban J connectivity index is 1.71. The number of halogens is 1. The molecule has 3 rings (SSSR count). The average molecular weight is 394 g/mol. The molecular weight excluding hydrogens is 374 g/mol. The zero-order valence-corrected chi connectivity index (χ0v) is 15.8. The number of nitrogens with zero attached hydrogens (tertiary/aromatic N) is 2. The van der Waals surface area contributed by atoms with E-state index in [1.807, 2.05) is 32.0 Å². The van der Waals surface area contributed by atoms with Crippen LogP contribution in [-0.4, -0.2) is 28.9 Å². The summed E-state index contributed by atoms with van der Waals surface area (Å²) in [4.78, 5) is 20.2. The predicted molar refractivity (Wildman–Crippen MR) is 98.2 cm³/mol. The summed E-state index contributed by atoms with van der Waals surface area (Å²) in [5.74, 6) is -0.0802. The molecule has 1 aliphatic rings. The highest BCUT2D eigenvalue weighted by Gasteiger charge is 2.19. The molecule has 0 saturated carbocycles. The van der Waals surface area contributed by atoms with Crippen molar-refractivity contribution < 1.29 is 4.79 Å². The summed E-state index contributed by atoms with van der Waals surface area (Å²) in [6.07, 6.45) is 2.53. The highest BCUT2D eigenvalue weighted by Crippen LogP contribution is 2.24. The van der Waals surface area contributed by atoms with E-state index in [-0.39, 0.29) is 5.91 Å². The third-order valence-corrected chi connectivity index (χ3v) is 6.03. The van der Waals surface area contributed by atoms with Crippen molar-refractivity contribution in [2.75, 3.05) is 18.4 Å². The van der Waals surface area contributed by atoms with Gasteiger partial charge in [-0.2, -0.15) is 0 Å². The van der Waals surface area contributed by atoms with Gasteiger partial charge in [0.2, 0.25) is 0 Å². The average Bonchev–Trinajstić information content (AvgIpc) is 3.13. The fraction of sp³-hybridized carbons (Fsp3) is 0.412. The molecule has 1 amide bonds. The first-order valence-electron chi connectivity index (χ1n) is 7.79. The standard InChI is InChI=1S/C17H20BrN3OS/c1-11-5-6-13(9-14(11)18)20-17(22)16-12(2)19-15(23-16)10-21-7-3-4-8-21/h5-6,9H,3-4,7-8,10H2,1-2H3,(H,20,22). The van der Waals surface area contributed by atoms with Gasteiger partial charge in [0.1, 0.15) is 9.88 Å². The lowest BCUT2D eigenvalue weighted by Gasteiger charge is -2.11. The maximum atomic E-state index is 12.5. The Morgan fingerprint density at radius 2 is 2.09 bits per heavy atom. The van der Waals surface area contributed by atoms with Crippen LogP contribution in [0.15, 0.2) is 22.7 Å². The minimum absolute atomic E-state index is 0.0802. The number of carbonyl (C=O) groups excluding carboxylic acids is 1. The fourth-order valence-electron chi connectivity index (χ4n) is 2.72. The van der Waals surface area contributed by atoms with E-state index in [9.17, 15) is 4.79 Å². The molecule has 2 aromatic rings. The second-order valence-electron chi connectivity index (χ2n) is 5.92. The van der Waals surface area contributed by atoms with E-state index in [4.69, 9.17) is 0 Å². The van der Waals surface area contributed by atoms with E-state index in [1.54, 1.807) is 0 Å². The fourth-order valence-corrected chi connectivity index (χ4v) is 4.10. The van der Waals surface area contributed by atoms with Crippen LogP contribution in [0, 0.1) is 13.8 Å². The Morgan fingerprint density at radius 1 is 1.35 bits per heavy atom. The van der Waals surface area contributed by atoms with Gasteiger partial charge >= 0.3 is 0 Å². The second-order valence-corrected chi connectivity index (χ2v) is 7.86. The van der Waals surface area contributed by atoms with Crippen LogP contribution in [0.1, 0.15) is 38.8 Å². The molecule has 0 spiro atoms. The van der Waals surface area contributed by atoms with Crippen LogP contribution in [0.2, 0.25) is 0 Å². The van der Waals surface area contributed by atoms with Crippen molar-refractivity contribution >= 4 is 38.9 Å². The smallest absolute Gasteiger partial charge is 0.267 e. The van der Waals surface area contributed by atoms with Crippen molar-refractivity contribution in [3.8, 4) is 0 Å². The van der Waals surface area contributed by atoms with Crippen molar-refractivity contribution in [2.45, 2.75) is 33.2 Å². The van der Waals surface area contributed by atoms with Crippen LogP contribution in [-0.2, 0) is 6.54 Å². The van der Waals surface area contributed by atoms with E-state index < -0.39 is 0 Å². The summed E-state index contributed by atoms with van der Waals surface area (Å²) < 4.78 is 0.992. The number of nitrogens with one attached hydrogen (secondary N) is 1. The van der Waals surface area contributed by atoms with Gasteiger partial charge in [0.25, 0.3) is 5.91 Å². The number of aromatic nitrogens is 1. The molecular formula is C17H20BrN3OS. The molecule has 0 radical (unpaired) electrons. The molecule has 23 heavy (non-hydrogen) atoms. The highest BCUT2D eigenvalue weighted by molar-refractivity contribution is 9.10. The molecule has 1 aromatic heterocycles. The molecule has 0 unspecified atom stereocenters. The van der Waals surface area contributed by atoms with Gasteiger partial charge in [0.05, 0.1) is 12.2 Å². The van der Waals surface area contributed by atoms with Gasteiger partial charge in [-0.15, -0.1) is 11.3 Å². The Hall–Kier alpha value is -1.24. The zero-order chi connectivity index (χ0) is 16.4. The molecule has 1 saturated heterocycles. The van der Waals surface area contributed by atoms with Crippen LogP contribution in [0.5, 0.6) is 0 Å². The van der Waals surface area contributed by atoms with Gasteiger partial charge < -0.3 is 5.32 Å². The molecule has 1 fully saturated rings. The number of hydrogen-bond acceptors (Lipinski definition) is 4. The molecule has 2 heterocycles. The number of thiazole rings is 1. The third kappa shape index (κ3) is 4.00. The van der Waals surface area contributed by atoms with Gasteiger partial charge in [-0.1, -0.05) is 22.0 Å². The molecule has 0 aliphatic carbocycles. The van der Waals surface area contributed by atoms with Crippen molar-refractivity contribution in [1.29, 1.82) is 0 Å². The normalized spacial score (nSPS) is 15.1. The first kappa shape index (κ1) is 16.6. The Morgan fingerprint density at radius 3 is 2.78 bits per heavy atom. The van der Waals surface area contributed by atoms with Crippen LogP contribution in [0.3, 0.4) is 0 Å². The monoisotopic (exact) mass is 393 g/mol. The predicted octanol–water partition coefficient (Wildman–Crippen LogP) is 4.37. The number of aryl methyl sites for hydroxylation is 2. The Kier molecular flexibility index (Phi) is 5.14. The molecule has 0 atom stereocenters. The van der Waals surface area contributed by atoms with Crippen molar-refractivity contribution in [3.63, 3.8) is 0 Å². The maximum absolute atomic E-state index is 12.5. The minimum Gasteiger partial charge on any atom is -0.321 e. The Bertz CT molecular complexity index is 723. The maximum Gasteiger partial charge on any atom is 0.267 e. The summed E-state index contributed by atoms with van der Waals surface area (Å²) in [6.45, 7) is 7.06. The zero-order valence-electron chi connectivity index (χ0n) is 13.4. The first-order chi connectivity index (χ1) is 11.0. The highest BCUT2D eigenvalue weighted by atomic mass is 79.9. The molecule has 1 aliphatic heterocycles. The SMILES string of the molecule is Cc1ccc(NC(=O)c2sc(CN3CCCC3)nc2C)cc1Br. The lowest BCUT2D eigenvalue weighted by atomic mass is 10.2. The summed E-state index contributed by atoms with van der Waals surface area (Å²) in [6, 6.07) is 5.83. The lowest BCUT2D eigenvalue weighted by molar-refractivity contribution is 0.103. The third-order valence-electron chi connectivity index (χ3n) is 4.03. The van der Waals surface area contributed by atoms with Crippen LogP contribution >= 0.6 is 27.3 Å². The Labute approximate surface area is 149 Å². The number of benzene rings is 1. The van der Waals surface area contributed by atoms with E-state index >= 15 is 0 Å². The molecule has 122 valence electrons. The quantitative estimate of drug-likeness (QED) is 0.838. The van der Waals surface area contributed by atoms with E-state index in [0.29, 0.717) is 4.88 Å². The van der Waals surface area contributed by atoms with Crippen molar-refractivity contribution in [2.24, 2.45) is 0 Å². The number of likely N-dealkylation sites (tertiary alicyclic amines) is 1. The van der Waals surface area contributed by atoms with E-state index in [0.717, 1.165) is 46.1 Å². The molecule has 6 heteroatoms. The van der Waals surface area contributed by atoms with Crippen LogP contribution in [0.4, 0.5) is 5.69 Å². The van der Waals surface area contributed by atoms with Gasteiger partial charge in [0.15, 0.2) is 0 Å². The minimum atomic E-state index is -0.0802. The van der Waals surface area contributed by atoms with Crippen LogP contribution < -0.4 is 5.32 Å². The number of hydrogen-bond donors (Lipinski definition) is 1. The lowest BCUT2D eigenvalue weighted by Crippen LogP contribution is -2.18. The van der Waals surface area contributed by atoms with E-state index in [1.165, 1.54) is 24.2 Å². The van der Waals surface area contributed by atoms with Gasteiger partial charge in [0, 0.05) is 10.2 Å². The van der Waals surface area contributed by atoms with E-state index in [2.05, 4.69) is 31.1 Å². The van der Waals surface area contributed by atoms with Crippen molar-refractivity contribution in [1.82, 2.24) is 9.88 Å². The topological polar surface area (TPSA) is 45.2 Å². The molecule has 0 bridgehead atoms. The number of amides is 1. The van der Waals surface area contributed by atoms with Crippen LogP contribution in [0.25, 0.3) is 0 Å². The second kappa shape index (κ2) is 7.11. The van der Waals surface area contributed by atoms with Gasteiger partial charge in [-0.25, -0.2) is 4.98 Å². The molecule has 1 aromatic carbocycles. The summed E-state index contributed by atoms with van der Waals surface area (Å²) >= 11 is 5.00. The van der Waals surface area contributed by atoms with Crippen molar-refractivity contribution in [3.05, 3.63) is 43.8 Å². The number of carbonyl (C=O) groups is 1. The van der Waals surface area contributed by atoms with Gasteiger partial charge in [-0.3, -0.25) is 9.69 Å². The first-order valence-corrected chi connectivity index (χ1v) is 9.40. The largest absolute Gasteiger partial charge is 0.321 e. The molecule has 4 nitrogen and oxygen atoms in total.